The number of nitrogens with one attached hydrogen (secondary N) is 1. The zero-order valence-corrected chi connectivity index (χ0v) is 21.1. The summed E-state index contributed by atoms with van der Waals surface area (Å²) in [6.45, 7) is 9.15. The third-order valence-electron chi connectivity index (χ3n) is 6.61. The van der Waals surface area contributed by atoms with Crippen LogP contribution < -0.4 is 10.1 Å². The number of likely N-dealkylation sites (tertiary alicyclic amines) is 1. The number of ether oxygens (including phenoxy) is 2. The number of hydrogen-bond acceptors (Lipinski definition) is 5. The van der Waals surface area contributed by atoms with Gasteiger partial charge in [0.15, 0.2) is 11.5 Å². The first-order chi connectivity index (χ1) is 17.1. The van der Waals surface area contributed by atoms with Gasteiger partial charge in [0.1, 0.15) is 11.4 Å². The highest BCUT2D eigenvalue weighted by molar-refractivity contribution is 6.06. The Kier molecular flexibility index (Phi) is 6.10. The van der Waals surface area contributed by atoms with Gasteiger partial charge >= 0.3 is 6.09 Å². The maximum Gasteiger partial charge on any atom is 0.410 e. The molecule has 0 spiro atoms. The molecule has 2 aliphatic heterocycles. The molecule has 36 heavy (non-hydrogen) atoms. The van der Waals surface area contributed by atoms with Crippen molar-refractivity contribution in [3.8, 4) is 5.75 Å². The molecule has 0 unspecified atom stereocenters. The number of aromatic nitrogens is 2. The molecule has 3 aromatic rings. The lowest BCUT2D eigenvalue weighted by Crippen LogP contribution is -2.41. The molecule has 190 valence electrons. The standard InChI is InChI=1S/C27H31FN4O4/c1-16-14-32-15-18(13-22(28)24(32)29-16)30-25(33)21-6-5-19(20-9-12-35-23(20)21)17-7-10-31(11-8-17)26(34)36-27(2,3)4/h5-6,13-15,17H,7-12H2,1-4H3,(H,30,33). The van der Waals surface area contributed by atoms with Gasteiger partial charge in [0.2, 0.25) is 0 Å². The zero-order chi connectivity index (χ0) is 25.6. The first-order valence-corrected chi connectivity index (χ1v) is 12.3. The van der Waals surface area contributed by atoms with Crippen molar-refractivity contribution in [2.24, 2.45) is 0 Å². The van der Waals surface area contributed by atoms with Gasteiger partial charge in [-0.2, -0.15) is 0 Å². The number of imidazole rings is 1. The smallest absolute Gasteiger partial charge is 0.410 e. The molecule has 0 aliphatic carbocycles. The summed E-state index contributed by atoms with van der Waals surface area (Å²) in [5.74, 6) is 0.0160. The molecule has 0 radical (unpaired) electrons. The fourth-order valence-corrected chi connectivity index (χ4v) is 5.03. The van der Waals surface area contributed by atoms with Gasteiger partial charge in [0, 0.05) is 43.5 Å². The van der Waals surface area contributed by atoms with Gasteiger partial charge in [0.25, 0.3) is 5.91 Å². The van der Waals surface area contributed by atoms with E-state index >= 15 is 0 Å². The average molecular weight is 495 g/mol. The second-order valence-electron chi connectivity index (χ2n) is 10.5. The number of anilines is 1. The minimum atomic E-state index is -0.516. The summed E-state index contributed by atoms with van der Waals surface area (Å²) in [5.41, 5.74) is 3.38. The molecule has 4 heterocycles. The number of carbonyl (C=O) groups excluding carboxylic acids is 2. The van der Waals surface area contributed by atoms with Gasteiger partial charge in [0.05, 0.1) is 23.6 Å². The summed E-state index contributed by atoms with van der Waals surface area (Å²) in [6.07, 6.45) is 5.44. The van der Waals surface area contributed by atoms with Crippen molar-refractivity contribution in [1.82, 2.24) is 14.3 Å². The van der Waals surface area contributed by atoms with Gasteiger partial charge in [-0.3, -0.25) is 4.79 Å². The molecule has 1 aromatic carbocycles. The van der Waals surface area contributed by atoms with Gasteiger partial charge < -0.3 is 24.1 Å². The lowest BCUT2D eigenvalue weighted by atomic mass is 9.85. The predicted octanol–water partition coefficient (Wildman–Crippen LogP) is 5.08. The molecular weight excluding hydrogens is 463 g/mol. The summed E-state index contributed by atoms with van der Waals surface area (Å²) in [7, 11) is 0. The van der Waals surface area contributed by atoms with Crippen LogP contribution in [0.5, 0.6) is 5.75 Å². The van der Waals surface area contributed by atoms with Crippen LogP contribution in [-0.2, 0) is 11.2 Å². The minimum absolute atomic E-state index is 0.219. The quantitative estimate of drug-likeness (QED) is 0.549. The average Bonchev–Trinajstić information content (AvgIpc) is 3.44. The number of amides is 2. The van der Waals surface area contributed by atoms with Gasteiger partial charge in [-0.05, 0) is 58.1 Å². The Bertz CT molecular complexity index is 1340. The summed E-state index contributed by atoms with van der Waals surface area (Å²) < 4.78 is 27.4. The highest BCUT2D eigenvalue weighted by Crippen LogP contribution is 2.39. The maximum absolute atomic E-state index is 14.5. The third kappa shape index (κ3) is 4.74. The molecule has 2 amide bonds. The number of nitrogens with zero attached hydrogens (tertiary/aromatic N) is 3. The van der Waals surface area contributed by atoms with E-state index in [2.05, 4.69) is 10.3 Å². The second-order valence-corrected chi connectivity index (χ2v) is 10.5. The van der Waals surface area contributed by atoms with E-state index in [0.29, 0.717) is 42.4 Å². The normalized spacial score (nSPS) is 16.1. The number of halogens is 1. The largest absolute Gasteiger partial charge is 0.492 e. The molecule has 0 atom stereocenters. The summed E-state index contributed by atoms with van der Waals surface area (Å²) in [6, 6.07) is 5.05. The number of hydrogen-bond donors (Lipinski definition) is 1. The van der Waals surface area contributed by atoms with Crippen LogP contribution >= 0.6 is 0 Å². The lowest BCUT2D eigenvalue weighted by Gasteiger charge is -2.34. The molecule has 0 saturated carbocycles. The van der Waals surface area contributed by atoms with E-state index in [-0.39, 0.29) is 23.6 Å². The summed E-state index contributed by atoms with van der Waals surface area (Å²) in [4.78, 5) is 31.5. The highest BCUT2D eigenvalue weighted by Gasteiger charge is 2.31. The molecule has 5 rings (SSSR count). The lowest BCUT2D eigenvalue weighted by molar-refractivity contribution is 0.0204. The van der Waals surface area contributed by atoms with Crippen LogP contribution in [-0.4, -0.2) is 51.6 Å². The van der Waals surface area contributed by atoms with E-state index < -0.39 is 11.4 Å². The number of pyridine rings is 1. The Morgan fingerprint density at radius 2 is 1.94 bits per heavy atom. The molecule has 0 bridgehead atoms. The van der Waals surface area contributed by atoms with Crippen molar-refractivity contribution >= 4 is 23.3 Å². The Balaban J connectivity index is 1.32. The zero-order valence-electron chi connectivity index (χ0n) is 21.1. The minimum Gasteiger partial charge on any atom is -0.492 e. The van der Waals surface area contributed by atoms with Crippen molar-refractivity contribution in [2.45, 2.75) is 58.5 Å². The van der Waals surface area contributed by atoms with E-state index in [9.17, 15) is 14.0 Å². The van der Waals surface area contributed by atoms with E-state index in [1.165, 1.54) is 11.6 Å². The molecule has 9 heteroatoms. The van der Waals surface area contributed by atoms with E-state index in [4.69, 9.17) is 9.47 Å². The van der Waals surface area contributed by atoms with Gasteiger partial charge in [-0.1, -0.05) is 6.07 Å². The molecule has 2 aliphatic rings. The van der Waals surface area contributed by atoms with Crippen LogP contribution in [0.15, 0.2) is 30.6 Å². The first-order valence-electron chi connectivity index (χ1n) is 12.3. The van der Waals surface area contributed by atoms with Crippen molar-refractivity contribution in [3.05, 3.63) is 58.8 Å². The van der Waals surface area contributed by atoms with Gasteiger partial charge in [-0.25, -0.2) is 14.2 Å². The number of piperidine rings is 1. The van der Waals surface area contributed by atoms with E-state index in [1.807, 2.05) is 26.8 Å². The Labute approximate surface area is 209 Å². The summed E-state index contributed by atoms with van der Waals surface area (Å²) in [5, 5.41) is 2.80. The maximum atomic E-state index is 14.5. The van der Waals surface area contributed by atoms with E-state index in [0.717, 1.165) is 24.8 Å². The van der Waals surface area contributed by atoms with Crippen LogP contribution in [0.2, 0.25) is 0 Å². The molecule has 1 N–H and O–H groups in total. The molecule has 2 aromatic heterocycles. The number of rotatable bonds is 3. The van der Waals surface area contributed by atoms with Gasteiger partial charge in [-0.15, -0.1) is 0 Å². The van der Waals surface area contributed by atoms with Crippen molar-refractivity contribution in [3.63, 3.8) is 0 Å². The Hall–Kier alpha value is -3.62. The predicted molar refractivity (Wildman–Crippen MR) is 133 cm³/mol. The van der Waals surface area contributed by atoms with Crippen molar-refractivity contribution in [1.29, 1.82) is 0 Å². The van der Waals surface area contributed by atoms with Crippen molar-refractivity contribution < 1.29 is 23.5 Å². The molecule has 1 fully saturated rings. The SMILES string of the molecule is Cc1cn2cc(NC(=O)c3ccc(C4CCN(C(=O)OC(C)(C)C)CC4)c4c3OCC4)cc(F)c2n1. The fourth-order valence-electron chi connectivity index (χ4n) is 5.03. The second kappa shape index (κ2) is 9.11. The first kappa shape index (κ1) is 24.1. The topological polar surface area (TPSA) is 85.2 Å². The van der Waals surface area contributed by atoms with Crippen LogP contribution in [0, 0.1) is 12.7 Å². The van der Waals surface area contributed by atoms with Crippen molar-refractivity contribution in [2.75, 3.05) is 25.0 Å². The highest BCUT2D eigenvalue weighted by atomic mass is 19.1. The Morgan fingerprint density at radius 1 is 1.19 bits per heavy atom. The number of fused-ring (bicyclic) bond motifs is 2. The number of carbonyl (C=O) groups is 2. The number of benzene rings is 1. The number of aryl methyl sites for hydroxylation is 1. The van der Waals surface area contributed by atoms with Crippen LogP contribution in [0.1, 0.15) is 66.7 Å². The molecular formula is C27H31FN4O4. The molecule has 1 saturated heterocycles. The van der Waals surface area contributed by atoms with Crippen LogP contribution in [0.3, 0.4) is 0 Å². The fraction of sp³-hybridized carbons (Fsp3) is 0.444. The summed E-state index contributed by atoms with van der Waals surface area (Å²) >= 11 is 0. The Morgan fingerprint density at radius 3 is 2.67 bits per heavy atom. The third-order valence-corrected chi connectivity index (χ3v) is 6.61. The monoisotopic (exact) mass is 494 g/mol. The molecule has 8 nitrogen and oxygen atoms in total. The van der Waals surface area contributed by atoms with Crippen LogP contribution in [0.25, 0.3) is 5.65 Å². The van der Waals surface area contributed by atoms with Crippen LogP contribution in [0.4, 0.5) is 14.9 Å². The van der Waals surface area contributed by atoms with E-state index in [1.54, 1.807) is 34.7 Å².